The van der Waals surface area contributed by atoms with Crippen LogP contribution in [0.1, 0.15) is 17.5 Å². The van der Waals surface area contributed by atoms with Crippen molar-refractivity contribution in [2.75, 3.05) is 26.7 Å². The van der Waals surface area contributed by atoms with Crippen molar-refractivity contribution in [1.29, 1.82) is 0 Å². The number of hydrogen-bond acceptors (Lipinski definition) is 3. The van der Waals surface area contributed by atoms with E-state index in [2.05, 4.69) is 56.3 Å². The SMILES string of the molecule is CN=C(NCc1ccsc1)N1CCC(COCc2ccccc2)C1.I. The van der Waals surface area contributed by atoms with Gasteiger partial charge in [-0.2, -0.15) is 11.3 Å². The lowest BCUT2D eigenvalue weighted by molar-refractivity contribution is 0.0906. The van der Waals surface area contributed by atoms with Gasteiger partial charge in [-0.25, -0.2) is 0 Å². The van der Waals surface area contributed by atoms with Crippen molar-refractivity contribution >= 4 is 41.3 Å². The summed E-state index contributed by atoms with van der Waals surface area (Å²) in [6, 6.07) is 12.5. The Labute approximate surface area is 171 Å². The summed E-state index contributed by atoms with van der Waals surface area (Å²) in [5.74, 6) is 1.57. The lowest BCUT2D eigenvalue weighted by atomic mass is 10.1. The first-order valence-corrected chi connectivity index (χ1v) is 9.38. The molecule has 1 atom stereocenters. The fourth-order valence-electron chi connectivity index (χ4n) is 2.99. The quantitative estimate of drug-likeness (QED) is 0.394. The summed E-state index contributed by atoms with van der Waals surface area (Å²) in [6.45, 7) is 4.40. The van der Waals surface area contributed by atoms with Crippen LogP contribution in [0.15, 0.2) is 52.2 Å². The zero-order valence-electron chi connectivity index (χ0n) is 14.6. The molecule has 6 heteroatoms. The van der Waals surface area contributed by atoms with E-state index in [1.165, 1.54) is 11.1 Å². The van der Waals surface area contributed by atoms with Gasteiger partial charge in [0.25, 0.3) is 0 Å². The maximum Gasteiger partial charge on any atom is 0.193 e. The van der Waals surface area contributed by atoms with Crippen LogP contribution in [0.4, 0.5) is 0 Å². The number of thiophene rings is 1. The first kappa shape index (κ1) is 20.2. The third kappa shape index (κ3) is 6.27. The standard InChI is InChI=1S/C19H25N3OS.HI/c1-20-19(21-11-17-8-10-24-15-17)22-9-7-18(12-22)14-23-13-16-5-3-2-4-6-16;/h2-6,8,10,15,18H,7,9,11-14H2,1H3,(H,20,21);1H. The van der Waals surface area contributed by atoms with Crippen molar-refractivity contribution in [2.45, 2.75) is 19.6 Å². The third-order valence-corrected chi connectivity index (χ3v) is 5.03. The van der Waals surface area contributed by atoms with Crippen LogP contribution < -0.4 is 5.32 Å². The average Bonchev–Trinajstić information content (AvgIpc) is 3.29. The molecule has 1 aliphatic rings. The molecule has 3 rings (SSSR count). The maximum absolute atomic E-state index is 5.90. The molecule has 1 unspecified atom stereocenters. The number of likely N-dealkylation sites (tertiary alicyclic amines) is 1. The predicted octanol–water partition coefficient (Wildman–Crippen LogP) is 3.98. The Morgan fingerprint density at radius 3 is 2.84 bits per heavy atom. The van der Waals surface area contributed by atoms with Crippen molar-refractivity contribution in [3.05, 3.63) is 58.3 Å². The highest BCUT2D eigenvalue weighted by Gasteiger charge is 2.24. The van der Waals surface area contributed by atoms with E-state index >= 15 is 0 Å². The van der Waals surface area contributed by atoms with E-state index < -0.39 is 0 Å². The molecular formula is C19H26IN3OS. The molecule has 1 aromatic heterocycles. The van der Waals surface area contributed by atoms with E-state index in [-0.39, 0.29) is 24.0 Å². The monoisotopic (exact) mass is 471 g/mol. The molecule has 2 heterocycles. The molecule has 1 aliphatic heterocycles. The molecule has 0 amide bonds. The molecule has 0 radical (unpaired) electrons. The summed E-state index contributed by atoms with van der Waals surface area (Å²) in [7, 11) is 1.86. The second-order valence-electron chi connectivity index (χ2n) is 6.13. The number of nitrogens with zero attached hydrogens (tertiary/aromatic N) is 2. The lowest BCUT2D eigenvalue weighted by Crippen LogP contribution is -2.39. The van der Waals surface area contributed by atoms with Gasteiger partial charge in [0.05, 0.1) is 13.2 Å². The number of guanidine groups is 1. The summed E-state index contributed by atoms with van der Waals surface area (Å²) in [4.78, 5) is 6.76. The van der Waals surface area contributed by atoms with Gasteiger partial charge < -0.3 is 15.0 Å². The van der Waals surface area contributed by atoms with Crippen molar-refractivity contribution < 1.29 is 4.74 Å². The van der Waals surface area contributed by atoms with E-state index in [1.54, 1.807) is 11.3 Å². The van der Waals surface area contributed by atoms with Gasteiger partial charge in [0.2, 0.25) is 0 Å². The molecule has 25 heavy (non-hydrogen) atoms. The van der Waals surface area contributed by atoms with Crippen molar-refractivity contribution in [1.82, 2.24) is 10.2 Å². The van der Waals surface area contributed by atoms with E-state index in [0.29, 0.717) is 12.5 Å². The topological polar surface area (TPSA) is 36.9 Å². The average molecular weight is 471 g/mol. The lowest BCUT2D eigenvalue weighted by Gasteiger charge is -2.21. The maximum atomic E-state index is 5.90. The molecule has 0 spiro atoms. The van der Waals surface area contributed by atoms with E-state index in [1.807, 2.05) is 13.1 Å². The minimum absolute atomic E-state index is 0. The number of aliphatic imine (C=N–C) groups is 1. The number of nitrogens with one attached hydrogen (secondary N) is 1. The minimum Gasteiger partial charge on any atom is -0.376 e. The van der Waals surface area contributed by atoms with Crippen molar-refractivity contribution in [2.24, 2.45) is 10.9 Å². The van der Waals surface area contributed by atoms with E-state index in [9.17, 15) is 0 Å². The van der Waals surface area contributed by atoms with Gasteiger partial charge in [-0.1, -0.05) is 30.3 Å². The van der Waals surface area contributed by atoms with Gasteiger partial charge in [0.15, 0.2) is 5.96 Å². The summed E-state index contributed by atoms with van der Waals surface area (Å²) in [5.41, 5.74) is 2.55. The second kappa shape index (κ2) is 10.8. The molecule has 0 saturated carbocycles. The predicted molar refractivity (Wildman–Crippen MR) is 116 cm³/mol. The van der Waals surface area contributed by atoms with Crippen LogP contribution in [-0.2, 0) is 17.9 Å². The fraction of sp³-hybridized carbons (Fsp3) is 0.421. The third-order valence-electron chi connectivity index (χ3n) is 4.29. The minimum atomic E-state index is 0. The normalized spacial score (nSPS) is 17.4. The Hall–Kier alpha value is -1.12. The van der Waals surface area contributed by atoms with Crippen LogP contribution in [0.3, 0.4) is 0 Å². The Bertz CT molecular complexity index is 633. The molecule has 4 nitrogen and oxygen atoms in total. The molecule has 0 aliphatic carbocycles. The number of ether oxygens (including phenoxy) is 1. The smallest absolute Gasteiger partial charge is 0.193 e. The summed E-state index contributed by atoms with van der Waals surface area (Å²) < 4.78 is 5.90. The van der Waals surface area contributed by atoms with Gasteiger partial charge in [0.1, 0.15) is 0 Å². The van der Waals surface area contributed by atoms with Crippen LogP contribution >= 0.6 is 35.3 Å². The number of rotatable bonds is 6. The first-order chi connectivity index (χ1) is 11.8. The molecule has 1 saturated heterocycles. The molecular weight excluding hydrogens is 445 g/mol. The van der Waals surface area contributed by atoms with Crippen molar-refractivity contribution in [3.63, 3.8) is 0 Å². The highest BCUT2D eigenvalue weighted by atomic mass is 127. The largest absolute Gasteiger partial charge is 0.376 e. The molecule has 2 aromatic rings. The summed E-state index contributed by atoms with van der Waals surface area (Å²) in [5, 5.41) is 7.74. The number of benzene rings is 1. The number of halogens is 1. The Morgan fingerprint density at radius 1 is 1.28 bits per heavy atom. The highest BCUT2D eigenvalue weighted by molar-refractivity contribution is 14.0. The second-order valence-corrected chi connectivity index (χ2v) is 6.91. The van der Waals surface area contributed by atoms with Gasteiger partial charge in [0, 0.05) is 32.6 Å². The van der Waals surface area contributed by atoms with E-state index in [0.717, 1.165) is 38.6 Å². The molecule has 1 aromatic carbocycles. The van der Waals surface area contributed by atoms with Crippen LogP contribution in [0.25, 0.3) is 0 Å². The van der Waals surface area contributed by atoms with Gasteiger partial charge in [-0.05, 0) is 34.4 Å². The van der Waals surface area contributed by atoms with Crippen LogP contribution in [0.2, 0.25) is 0 Å². The Morgan fingerprint density at radius 2 is 2.12 bits per heavy atom. The van der Waals surface area contributed by atoms with Gasteiger partial charge in [-0.15, -0.1) is 24.0 Å². The molecule has 1 fully saturated rings. The highest BCUT2D eigenvalue weighted by Crippen LogP contribution is 2.17. The summed E-state index contributed by atoms with van der Waals surface area (Å²) in [6.07, 6.45) is 1.16. The first-order valence-electron chi connectivity index (χ1n) is 8.43. The zero-order chi connectivity index (χ0) is 16.6. The molecule has 1 N–H and O–H groups in total. The van der Waals surface area contributed by atoms with Crippen molar-refractivity contribution in [3.8, 4) is 0 Å². The van der Waals surface area contributed by atoms with E-state index in [4.69, 9.17) is 4.74 Å². The zero-order valence-corrected chi connectivity index (χ0v) is 17.7. The van der Waals surface area contributed by atoms with Crippen LogP contribution in [0, 0.1) is 5.92 Å². The van der Waals surface area contributed by atoms with Crippen LogP contribution in [-0.4, -0.2) is 37.6 Å². The van der Waals surface area contributed by atoms with Crippen LogP contribution in [0.5, 0.6) is 0 Å². The number of hydrogen-bond donors (Lipinski definition) is 1. The molecule has 0 bridgehead atoms. The van der Waals surface area contributed by atoms with Gasteiger partial charge in [-0.3, -0.25) is 4.99 Å². The molecule has 136 valence electrons. The Balaban J connectivity index is 0.00000225. The Kier molecular flexibility index (Phi) is 8.71. The van der Waals surface area contributed by atoms with Gasteiger partial charge >= 0.3 is 0 Å². The fourth-order valence-corrected chi connectivity index (χ4v) is 3.65. The summed E-state index contributed by atoms with van der Waals surface area (Å²) >= 11 is 1.73.